The number of carbonyl (C=O) groups is 1. The Morgan fingerprint density at radius 3 is 2.29 bits per heavy atom. The molecule has 1 aliphatic rings. The van der Waals surface area contributed by atoms with Crippen molar-refractivity contribution in [2.45, 2.75) is 24.6 Å². The van der Waals surface area contributed by atoms with Gasteiger partial charge in [-0.3, -0.25) is 4.79 Å². The van der Waals surface area contributed by atoms with Gasteiger partial charge in [-0.2, -0.15) is 28.1 Å². The number of hydrogen-bond donors (Lipinski definition) is 3. The van der Waals surface area contributed by atoms with E-state index in [1.807, 2.05) is 31.1 Å². The number of ether oxygens (including phenoxy) is 1. The van der Waals surface area contributed by atoms with Crippen LogP contribution >= 0.6 is 11.6 Å². The van der Waals surface area contributed by atoms with Crippen molar-refractivity contribution in [1.82, 2.24) is 25.2 Å². The number of nitrogens with one attached hydrogen (secondary N) is 3. The van der Waals surface area contributed by atoms with Gasteiger partial charge in [0.2, 0.25) is 11.9 Å². The van der Waals surface area contributed by atoms with Crippen LogP contribution in [0.2, 0.25) is 5.02 Å². The maximum atomic E-state index is 12.8. The number of halogens is 4. The Labute approximate surface area is 222 Å². The highest BCUT2D eigenvalue weighted by molar-refractivity contribution is 6.30. The van der Waals surface area contributed by atoms with Crippen LogP contribution in [0.4, 0.5) is 30.8 Å². The zero-order chi connectivity index (χ0) is 27.3. The van der Waals surface area contributed by atoms with E-state index in [1.54, 1.807) is 36.4 Å². The van der Waals surface area contributed by atoms with Crippen LogP contribution in [-0.2, 0) is 5.54 Å². The molecule has 0 spiro atoms. The van der Waals surface area contributed by atoms with Crippen molar-refractivity contribution in [2.75, 3.05) is 44.4 Å². The second kappa shape index (κ2) is 11.4. The van der Waals surface area contributed by atoms with Gasteiger partial charge in [0.15, 0.2) is 6.61 Å². The minimum absolute atomic E-state index is 0.0187. The van der Waals surface area contributed by atoms with Gasteiger partial charge in [-0.15, -0.1) is 0 Å². The lowest BCUT2D eigenvalue weighted by atomic mass is 10.1. The predicted octanol–water partition coefficient (Wildman–Crippen LogP) is 4.60. The van der Waals surface area contributed by atoms with Gasteiger partial charge in [-0.05, 0) is 68.9 Å². The molecule has 1 aliphatic carbocycles. The summed E-state index contributed by atoms with van der Waals surface area (Å²) in [4.78, 5) is 26.6. The molecule has 9 nitrogen and oxygen atoms in total. The van der Waals surface area contributed by atoms with Crippen molar-refractivity contribution in [1.29, 1.82) is 0 Å². The fraction of sp³-hybridized carbons (Fsp3) is 0.360. The summed E-state index contributed by atoms with van der Waals surface area (Å²) in [6, 6.07) is 13.3. The van der Waals surface area contributed by atoms with Crippen LogP contribution in [0.15, 0.2) is 48.5 Å². The SMILES string of the molecule is CN(C)CCNC(=O)c1ccc(Nc2nc(NC3(c4ccc(Cl)cc4)CC3)nc(OCC(F)(F)F)n2)cc1. The summed E-state index contributed by atoms with van der Waals surface area (Å²) in [7, 11) is 3.83. The number of amides is 1. The van der Waals surface area contributed by atoms with Gasteiger partial charge in [0.05, 0.1) is 5.54 Å². The van der Waals surface area contributed by atoms with Crippen molar-refractivity contribution < 1.29 is 22.7 Å². The summed E-state index contributed by atoms with van der Waals surface area (Å²) >= 11 is 6.00. The highest BCUT2D eigenvalue weighted by atomic mass is 35.5. The van der Waals surface area contributed by atoms with E-state index in [-0.39, 0.29) is 17.8 Å². The summed E-state index contributed by atoms with van der Waals surface area (Å²) in [5.41, 5.74) is 1.47. The fourth-order valence-electron chi connectivity index (χ4n) is 3.60. The second-order valence-electron chi connectivity index (χ2n) is 9.14. The fourth-order valence-corrected chi connectivity index (χ4v) is 3.73. The van der Waals surface area contributed by atoms with Gasteiger partial charge < -0.3 is 25.6 Å². The van der Waals surface area contributed by atoms with E-state index < -0.39 is 24.3 Å². The van der Waals surface area contributed by atoms with Crippen LogP contribution in [0.3, 0.4) is 0 Å². The summed E-state index contributed by atoms with van der Waals surface area (Å²) in [5, 5.41) is 9.58. The number of likely N-dealkylation sites (N-methyl/N-ethyl adjacent to an activating group) is 1. The molecule has 0 atom stereocenters. The molecule has 1 aromatic heterocycles. The Morgan fingerprint density at radius 1 is 1.03 bits per heavy atom. The first-order valence-corrected chi connectivity index (χ1v) is 12.2. The Kier molecular flexibility index (Phi) is 8.22. The highest BCUT2D eigenvalue weighted by Gasteiger charge is 2.45. The molecule has 38 heavy (non-hydrogen) atoms. The quantitative estimate of drug-likeness (QED) is 0.319. The van der Waals surface area contributed by atoms with Crippen LogP contribution < -0.4 is 20.7 Å². The Morgan fingerprint density at radius 2 is 1.68 bits per heavy atom. The van der Waals surface area contributed by atoms with E-state index in [0.29, 0.717) is 29.4 Å². The molecule has 0 unspecified atom stereocenters. The van der Waals surface area contributed by atoms with Crippen LogP contribution in [-0.4, -0.2) is 65.7 Å². The first-order valence-electron chi connectivity index (χ1n) is 11.8. The zero-order valence-electron chi connectivity index (χ0n) is 20.8. The number of rotatable bonds is 11. The summed E-state index contributed by atoms with van der Waals surface area (Å²) in [6.45, 7) is -0.334. The smallest absolute Gasteiger partial charge is 0.422 e. The largest absolute Gasteiger partial charge is 0.454 e. The molecule has 13 heteroatoms. The molecule has 3 N–H and O–H groups in total. The molecular weight excluding hydrogens is 523 g/mol. The maximum Gasteiger partial charge on any atom is 0.422 e. The van der Waals surface area contributed by atoms with Crippen molar-refractivity contribution in [2.24, 2.45) is 0 Å². The molecule has 1 heterocycles. The first kappa shape index (κ1) is 27.4. The van der Waals surface area contributed by atoms with Crippen LogP contribution in [0.1, 0.15) is 28.8 Å². The third kappa shape index (κ3) is 7.68. The van der Waals surface area contributed by atoms with Crippen LogP contribution in [0, 0.1) is 0 Å². The minimum atomic E-state index is -4.56. The lowest BCUT2D eigenvalue weighted by molar-refractivity contribution is -0.154. The third-order valence-electron chi connectivity index (χ3n) is 5.73. The number of alkyl halides is 3. The lowest BCUT2D eigenvalue weighted by Crippen LogP contribution is -2.31. The number of benzene rings is 2. The second-order valence-corrected chi connectivity index (χ2v) is 9.58. The number of hydrogen-bond acceptors (Lipinski definition) is 8. The summed E-state index contributed by atoms with van der Waals surface area (Å²) in [6.07, 6.45) is -3.00. The molecule has 0 bridgehead atoms. The molecule has 0 radical (unpaired) electrons. The molecule has 0 saturated heterocycles. The van der Waals surface area contributed by atoms with Crippen LogP contribution in [0.5, 0.6) is 6.01 Å². The lowest BCUT2D eigenvalue weighted by Gasteiger charge is -2.19. The predicted molar refractivity (Wildman–Crippen MR) is 138 cm³/mol. The molecule has 4 rings (SSSR count). The number of carbonyl (C=O) groups excluding carboxylic acids is 1. The van der Waals surface area contributed by atoms with E-state index in [4.69, 9.17) is 16.3 Å². The molecular formula is C25H27ClF3N7O2. The van der Waals surface area contributed by atoms with Gasteiger partial charge in [0.25, 0.3) is 5.91 Å². The Balaban J connectivity index is 1.51. The molecule has 1 amide bonds. The third-order valence-corrected chi connectivity index (χ3v) is 5.98. The summed E-state index contributed by atoms with van der Waals surface area (Å²) in [5.74, 6) is -0.177. The maximum absolute atomic E-state index is 12.8. The molecule has 3 aromatic rings. The normalized spacial score (nSPS) is 14.2. The van der Waals surface area contributed by atoms with E-state index in [2.05, 4.69) is 30.9 Å². The van der Waals surface area contributed by atoms with Gasteiger partial charge in [0.1, 0.15) is 0 Å². The zero-order valence-corrected chi connectivity index (χ0v) is 21.5. The van der Waals surface area contributed by atoms with Crippen molar-refractivity contribution in [3.63, 3.8) is 0 Å². The van der Waals surface area contributed by atoms with Crippen molar-refractivity contribution in [3.05, 3.63) is 64.7 Å². The molecule has 1 saturated carbocycles. The standard InChI is InChI=1S/C25H27ClF3N7O2/c1-36(2)14-13-30-20(37)16-3-9-19(10-4-16)31-21-32-22(34-23(33-21)38-15-25(27,28)29)35-24(11-12-24)17-5-7-18(26)8-6-17/h3-10H,11-15H2,1-2H3,(H,30,37)(H2,31,32,33,34,35). The number of nitrogens with zero attached hydrogens (tertiary/aromatic N) is 4. The Bertz CT molecular complexity index is 1250. The van der Waals surface area contributed by atoms with Crippen LogP contribution in [0.25, 0.3) is 0 Å². The summed E-state index contributed by atoms with van der Waals surface area (Å²) < 4.78 is 43.1. The topological polar surface area (TPSA) is 104 Å². The Hall–Kier alpha value is -3.64. The van der Waals surface area contributed by atoms with E-state index >= 15 is 0 Å². The van der Waals surface area contributed by atoms with Crippen molar-refractivity contribution >= 4 is 35.1 Å². The molecule has 202 valence electrons. The van der Waals surface area contributed by atoms with Crippen molar-refractivity contribution in [3.8, 4) is 6.01 Å². The molecule has 0 aliphatic heterocycles. The van der Waals surface area contributed by atoms with Gasteiger partial charge >= 0.3 is 12.2 Å². The number of aromatic nitrogens is 3. The number of anilines is 3. The van der Waals surface area contributed by atoms with Gasteiger partial charge in [-0.1, -0.05) is 23.7 Å². The van der Waals surface area contributed by atoms with E-state index in [1.165, 1.54) is 0 Å². The van der Waals surface area contributed by atoms with Gasteiger partial charge in [-0.25, -0.2) is 0 Å². The first-order chi connectivity index (χ1) is 18.0. The molecule has 2 aromatic carbocycles. The average Bonchev–Trinajstić information content (AvgIpc) is 3.63. The highest BCUT2D eigenvalue weighted by Crippen LogP contribution is 2.48. The van der Waals surface area contributed by atoms with E-state index in [0.717, 1.165) is 18.4 Å². The van der Waals surface area contributed by atoms with Gasteiger partial charge in [0, 0.05) is 29.4 Å². The molecule has 1 fully saturated rings. The van der Waals surface area contributed by atoms with E-state index in [9.17, 15) is 18.0 Å². The monoisotopic (exact) mass is 549 g/mol. The minimum Gasteiger partial charge on any atom is -0.454 e. The average molecular weight is 550 g/mol.